The minimum Gasteiger partial charge on any atom is -0.508 e. The molecule has 0 aromatic heterocycles. The molecular formula is C24H34N2O2. The number of methoxy groups -OCH3 is 1. The first-order valence-electron chi connectivity index (χ1n) is 11.0. The summed E-state index contributed by atoms with van der Waals surface area (Å²) in [6, 6.07) is 9.93. The molecule has 0 atom stereocenters. The van der Waals surface area contributed by atoms with E-state index in [-0.39, 0.29) is 0 Å². The highest BCUT2D eigenvalue weighted by molar-refractivity contribution is 5.88. The Balaban J connectivity index is 1.38. The predicted molar refractivity (Wildman–Crippen MR) is 115 cm³/mol. The van der Waals surface area contributed by atoms with E-state index < -0.39 is 0 Å². The quantitative estimate of drug-likeness (QED) is 0.817. The number of benzene rings is 2. The van der Waals surface area contributed by atoms with E-state index in [1.54, 1.807) is 7.11 Å². The van der Waals surface area contributed by atoms with Gasteiger partial charge in [0.25, 0.3) is 0 Å². The molecule has 28 heavy (non-hydrogen) atoms. The average Bonchev–Trinajstić information content (AvgIpc) is 3.00. The van der Waals surface area contributed by atoms with Crippen molar-refractivity contribution < 1.29 is 9.84 Å². The number of phenolic OH excluding ortho intramolecular Hbond substituents is 1. The molecule has 2 aliphatic rings. The highest BCUT2D eigenvalue weighted by Gasteiger charge is 2.23. The normalized spacial score (nSPS) is 20.3. The zero-order chi connectivity index (χ0) is 19.3. The summed E-state index contributed by atoms with van der Waals surface area (Å²) >= 11 is 0. The van der Waals surface area contributed by atoms with Gasteiger partial charge in [-0.2, -0.15) is 0 Å². The van der Waals surface area contributed by atoms with Gasteiger partial charge in [-0.25, -0.2) is 0 Å². The third-order valence-electron chi connectivity index (χ3n) is 6.62. The molecule has 0 aliphatic carbocycles. The zero-order valence-corrected chi connectivity index (χ0v) is 17.2. The van der Waals surface area contributed by atoms with Gasteiger partial charge in [0.05, 0.1) is 7.11 Å². The number of likely N-dealkylation sites (tertiary alicyclic amines) is 2. The van der Waals surface area contributed by atoms with Crippen LogP contribution in [0.5, 0.6) is 11.5 Å². The lowest BCUT2D eigenvalue weighted by atomic mass is 9.95. The first-order valence-corrected chi connectivity index (χ1v) is 11.0. The fraction of sp³-hybridized carbons (Fsp3) is 0.583. The molecule has 2 fully saturated rings. The zero-order valence-electron chi connectivity index (χ0n) is 17.2. The van der Waals surface area contributed by atoms with E-state index in [9.17, 15) is 5.11 Å². The second-order valence-corrected chi connectivity index (χ2v) is 8.58. The van der Waals surface area contributed by atoms with Gasteiger partial charge in [-0.3, -0.25) is 4.90 Å². The molecule has 2 aromatic carbocycles. The van der Waals surface area contributed by atoms with Crippen LogP contribution in [0.25, 0.3) is 10.8 Å². The summed E-state index contributed by atoms with van der Waals surface area (Å²) in [6.07, 6.45) is 8.12. The Kier molecular flexibility index (Phi) is 6.38. The van der Waals surface area contributed by atoms with E-state index in [1.165, 1.54) is 58.2 Å². The van der Waals surface area contributed by atoms with E-state index >= 15 is 0 Å². The Morgan fingerprint density at radius 1 is 0.929 bits per heavy atom. The summed E-state index contributed by atoms with van der Waals surface area (Å²) in [6.45, 7) is 6.94. The lowest BCUT2D eigenvalue weighted by Gasteiger charge is -2.35. The number of hydrogen-bond donors (Lipinski definition) is 1. The second kappa shape index (κ2) is 9.15. The first kappa shape index (κ1) is 19.5. The highest BCUT2D eigenvalue weighted by Crippen LogP contribution is 2.32. The smallest absolute Gasteiger partial charge is 0.120 e. The molecule has 2 saturated heterocycles. The van der Waals surface area contributed by atoms with E-state index in [4.69, 9.17) is 4.74 Å². The number of phenols is 1. The Morgan fingerprint density at radius 2 is 1.64 bits per heavy atom. The van der Waals surface area contributed by atoms with Crippen LogP contribution in [-0.2, 0) is 6.54 Å². The SMILES string of the molecule is COc1ccc2ccc(O)c(CN3CCC(CN4CCCCCC4)CC3)c2c1. The number of nitrogens with zero attached hydrogens (tertiary/aromatic N) is 2. The standard InChI is InChI=1S/C24H34N2O2/c1-28-21-8-6-20-7-9-24(27)23(22(20)16-21)18-26-14-10-19(11-15-26)17-25-12-4-2-3-5-13-25/h6-9,16,19,27H,2-5,10-15,17-18H2,1H3. The van der Waals surface area contributed by atoms with E-state index in [0.717, 1.165) is 47.6 Å². The van der Waals surface area contributed by atoms with Crippen LogP contribution < -0.4 is 4.74 Å². The maximum Gasteiger partial charge on any atom is 0.120 e. The Morgan fingerprint density at radius 3 is 2.36 bits per heavy atom. The fourth-order valence-electron chi connectivity index (χ4n) is 4.88. The second-order valence-electron chi connectivity index (χ2n) is 8.58. The minimum absolute atomic E-state index is 0.396. The van der Waals surface area contributed by atoms with Crippen LogP contribution in [0.3, 0.4) is 0 Å². The summed E-state index contributed by atoms with van der Waals surface area (Å²) in [5, 5.41) is 12.8. The van der Waals surface area contributed by atoms with Gasteiger partial charge >= 0.3 is 0 Å². The van der Waals surface area contributed by atoms with Crippen molar-refractivity contribution in [1.29, 1.82) is 0 Å². The van der Waals surface area contributed by atoms with E-state index in [0.29, 0.717) is 5.75 Å². The van der Waals surface area contributed by atoms with Crippen LogP contribution in [-0.4, -0.2) is 54.7 Å². The largest absolute Gasteiger partial charge is 0.508 e. The first-order chi connectivity index (χ1) is 13.7. The van der Waals surface area contributed by atoms with Gasteiger partial charge in [0.2, 0.25) is 0 Å². The molecule has 2 aromatic rings. The van der Waals surface area contributed by atoms with Crippen LogP contribution in [0.1, 0.15) is 44.1 Å². The molecule has 0 spiro atoms. The molecule has 2 heterocycles. The highest BCUT2D eigenvalue weighted by atomic mass is 16.5. The number of aromatic hydroxyl groups is 1. The third-order valence-corrected chi connectivity index (χ3v) is 6.62. The molecule has 0 amide bonds. The fourth-order valence-corrected chi connectivity index (χ4v) is 4.88. The van der Waals surface area contributed by atoms with Gasteiger partial charge < -0.3 is 14.7 Å². The number of hydrogen-bond acceptors (Lipinski definition) is 4. The van der Waals surface area contributed by atoms with Gasteiger partial charge in [-0.1, -0.05) is 25.0 Å². The van der Waals surface area contributed by atoms with Crippen LogP contribution in [0, 0.1) is 5.92 Å². The van der Waals surface area contributed by atoms with E-state index in [2.05, 4.69) is 21.9 Å². The molecule has 4 nitrogen and oxygen atoms in total. The van der Waals surface area contributed by atoms with Crippen LogP contribution in [0.2, 0.25) is 0 Å². The van der Waals surface area contributed by atoms with Crippen molar-refractivity contribution in [3.05, 3.63) is 35.9 Å². The maximum atomic E-state index is 10.5. The Bertz CT molecular complexity index is 776. The predicted octanol–water partition coefficient (Wildman–Crippen LogP) is 4.64. The molecule has 0 unspecified atom stereocenters. The van der Waals surface area contributed by atoms with Crippen molar-refractivity contribution in [2.75, 3.05) is 39.8 Å². The number of fused-ring (bicyclic) bond motifs is 1. The summed E-state index contributed by atoms with van der Waals surface area (Å²) in [4.78, 5) is 5.21. The van der Waals surface area contributed by atoms with Crippen LogP contribution in [0.4, 0.5) is 0 Å². The van der Waals surface area contributed by atoms with Crippen molar-refractivity contribution in [2.24, 2.45) is 5.92 Å². The van der Waals surface area contributed by atoms with Gasteiger partial charge in [0.15, 0.2) is 0 Å². The van der Waals surface area contributed by atoms with Crippen molar-refractivity contribution in [2.45, 2.75) is 45.1 Å². The van der Waals surface area contributed by atoms with E-state index in [1.807, 2.05) is 18.2 Å². The van der Waals surface area contributed by atoms with Crippen molar-refractivity contribution in [1.82, 2.24) is 9.80 Å². The lowest BCUT2D eigenvalue weighted by molar-refractivity contribution is 0.140. The lowest BCUT2D eigenvalue weighted by Crippen LogP contribution is -2.38. The van der Waals surface area contributed by atoms with Crippen LogP contribution >= 0.6 is 0 Å². The van der Waals surface area contributed by atoms with Crippen molar-refractivity contribution in [3.8, 4) is 11.5 Å². The van der Waals surface area contributed by atoms with Crippen molar-refractivity contribution in [3.63, 3.8) is 0 Å². The molecule has 4 rings (SSSR count). The summed E-state index contributed by atoms with van der Waals surface area (Å²) < 4.78 is 5.40. The molecule has 0 radical (unpaired) electrons. The molecule has 0 bridgehead atoms. The number of ether oxygens (including phenoxy) is 1. The van der Waals surface area contributed by atoms with Gasteiger partial charge in [-0.15, -0.1) is 0 Å². The minimum atomic E-state index is 0.396. The molecule has 1 N–H and O–H groups in total. The Labute approximate surface area is 169 Å². The van der Waals surface area contributed by atoms with Crippen LogP contribution in [0.15, 0.2) is 30.3 Å². The van der Waals surface area contributed by atoms with Gasteiger partial charge in [0.1, 0.15) is 11.5 Å². The van der Waals surface area contributed by atoms with Gasteiger partial charge in [0, 0.05) is 18.7 Å². The monoisotopic (exact) mass is 382 g/mol. The molecule has 4 heteroatoms. The topological polar surface area (TPSA) is 35.9 Å². The summed E-state index contributed by atoms with van der Waals surface area (Å²) in [5.74, 6) is 2.07. The third kappa shape index (κ3) is 4.61. The molecule has 2 aliphatic heterocycles. The Hall–Kier alpha value is -1.78. The van der Waals surface area contributed by atoms with Gasteiger partial charge in [-0.05, 0) is 86.8 Å². The molecular weight excluding hydrogens is 348 g/mol. The summed E-state index contributed by atoms with van der Waals surface area (Å²) in [7, 11) is 1.69. The summed E-state index contributed by atoms with van der Waals surface area (Å²) in [5.41, 5.74) is 1.03. The molecule has 0 saturated carbocycles. The van der Waals surface area contributed by atoms with Crippen molar-refractivity contribution >= 4 is 10.8 Å². The average molecular weight is 383 g/mol. The maximum absolute atomic E-state index is 10.5. The number of rotatable bonds is 5. The number of piperidine rings is 1. The molecule has 152 valence electrons.